The summed E-state index contributed by atoms with van der Waals surface area (Å²) in [5.41, 5.74) is 9.65. The fourth-order valence-electron chi connectivity index (χ4n) is 4.74. The van der Waals surface area contributed by atoms with Crippen molar-refractivity contribution < 1.29 is 4.58 Å². The van der Waals surface area contributed by atoms with E-state index < -0.39 is 0 Å². The zero-order valence-electron chi connectivity index (χ0n) is 14.4. The Morgan fingerprint density at radius 3 is 2.88 bits per heavy atom. The van der Waals surface area contributed by atoms with E-state index >= 15 is 0 Å². The first-order valence-corrected chi connectivity index (χ1v) is 9.63. The minimum Gasteiger partial charge on any atom is -0.311 e. The summed E-state index contributed by atoms with van der Waals surface area (Å²) < 4.78 is 4.74. The third-order valence-corrected chi connectivity index (χ3v) is 7.04. The Balaban J connectivity index is 1.95. The molecule has 0 aliphatic carbocycles. The molecule has 122 valence electrons. The second-order valence-corrected chi connectivity index (χ2v) is 8.24. The van der Waals surface area contributed by atoms with Crippen LogP contribution in [0.15, 0.2) is 40.7 Å². The van der Waals surface area contributed by atoms with Gasteiger partial charge < -0.3 is 4.57 Å². The fraction of sp³-hybridized carbons (Fsp3) is 0.238. The van der Waals surface area contributed by atoms with Gasteiger partial charge in [0.05, 0.1) is 18.1 Å². The highest BCUT2D eigenvalue weighted by molar-refractivity contribution is 8.03. The molecule has 4 heterocycles. The van der Waals surface area contributed by atoms with E-state index in [0.717, 1.165) is 0 Å². The lowest BCUT2D eigenvalue weighted by atomic mass is 9.84. The van der Waals surface area contributed by atoms with Crippen LogP contribution in [0.3, 0.4) is 0 Å². The number of aliphatic imine (C=N–C) groups is 1. The van der Waals surface area contributed by atoms with Gasteiger partial charge in [0.2, 0.25) is 5.37 Å². The Labute approximate surface area is 150 Å². The molecule has 0 spiro atoms. The molecule has 0 saturated heterocycles. The average molecular weight is 344 g/mol. The van der Waals surface area contributed by atoms with Crippen LogP contribution in [0.25, 0.3) is 27.5 Å². The zero-order valence-corrected chi connectivity index (χ0v) is 15.3. The number of nitrogens with zero attached hydrogens (tertiary/aromatic N) is 3. The van der Waals surface area contributed by atoms with E-state index in [4.69, 9.17) is 4.99 Å². The molecule has 0 N–H and O–H groups in total. The van der Waals surface area contributed by atoms with Crippen molar-refractivity contribution in [1.29, 1.82) is 0 Å². The van der Waals surface area contributed by atoms with Crippen LogP contribution < -0.4 is 0 Å². The van der Waals surface area contributed by atoms with E-state index in [9.17, 15) is 0 Å². The smallest absolute Gasteiger partial charge is 0.281 e. The van der Waals surface area contributed by atoms with Crippen LogP contribution in [0.2, 0.25) is 0 Å². The van der Waals surface area contributed by atoms with Crippen LogP contribution in [0.4, 0.5) is 0 Å². The molecule has 3 nitrogen and oxygen atoms in total. The van der Waals surface area contributed by atoms with Gasteiger partial charge >= 0.3 is 0 Å². The summed E-state index contributed by atoms with van der Waals surface area (Å²) in [6.45, 7) is 4.51. The Hall–Kier alpha value is -2.33. The van der Waals surface area contributed by atoms with Gasteiger partial charge in [-0.05, 0) is 42.5 Å². The molecular formula is C21H18N3S+. The molecule has 3 aliphatic rings. The van der Waals surface area contributed by atoms with E-state index in [1.54, 1.807) is 0 Å². The largest absolute Gasteiger partial charge is 0.311 e. The summed E-state index contributed by atoms with van der Waals surface area (Å²) in [4.78, 5) is 4.79. The number of hydrogen-bond donors (Lipinski definition) is 0. The molecule has 1 aromatic heterocycles. The van der Waals surface area contributed by atoms with Crippen molar-refractivity contribution >= 4 is 51.3 Å². The molecule has 25 heavy (non-hydrogen) atoms. The lowest BCUT2D eigenvalue weighted by molar-refractivity contribution is -0.364. The number of aromatic nitrogens is 1. The third kappa shape index (κ3) is 1.50. The quantitative estimate of drug-likeness (QED) is 0.554. The third-order valence-electron chi connectivity index (χ3n) is 5.99. The molecule has 3 aliphatic heterocycles. The number of hydrogen-bond acceptors (Lipinski definition) is 2. The normalized spacial score (nSPS) is 23.6. The predicted molar refractivity (Wildman–Crippen MR) is 107 cm³/mol. The summed E-state index contributed by atoms with van der Waals surface area (Å²) in [5.74, 6) is 0.340. The monoisotopic (exact) mass is 344 g/mol. The van der Waals surface area contributed by atoms with Gasteiger partial charge in [-0.15, -0.1) is 0 Å². The van der Waals surface area contributed by atoms with E-state index in [2.05, 4.69) is 65.8 Å². The van der Waals surface area contributed by atoms with Crippen molar-refractivity contribution in [3.05, 3.63) is 52.4 Å². The Kier molecular flexibility index (Phi) is 2.47. The van der Waals surface area contributed by atoms with Crippen molar-refractivity contribution in [1.82, 2.24) is 4.57 Å². The summed E-state index contributed by atoms with van der Waals surface area (Å²) in [6.07, 6.45) is 2.01. The van der Waals surface area contributed by atoms with Crippen LogP contribution in [0.1, 0.15) is 16.7 Å². The summed E-state index contributed by atoms with van der Waals surface area (Å²) >= 11 is 1.85. The Morgan fingerprint density at radius 2 is 2.00 bits per heavy atom. The van der Waals surface area contributed by atoms with E-state index in [1.165, 1.54) is 49.9 Å². The van der Waals surface area contributed by atoms with Gasteiger partial charge in [0.25, 0.3) is 6.34 Å². The van der Waals surface area contributed by atoms with Gasteiger partial charge in [0, 0.05) is 22.0 Å². The number of thioether (sulfide) groups is 1. The fourth-order valence-corrected chi connectivity index (χ4v) is 5.82. The lowest BCUT2D eigenvalue weighted by Gasteiger charge is -2.30. The topological polar surface area (TPSA) is 20.3 Å². The molecule has 2 aromatic carbocycles. The molecule has 3 aromatic rings. The molecule has 0 saturated carbocycles. The van der Waals surface area contributed by atoms with Gasteiger partial charge in [0.15, 0.2) is 0 Å². The van der Waals surface area contributed by atoms with Gasteiger partial charge in [-0.3, -0.25) is 0 Å². The van der Waals surface area contributed by atoms with E-state index in [1.807, 2.05) is 18.1 Å². The molecule has 2 atom stereocenters. The van der Waals surface area contributed by atoms with Gasteiger partial charge in [-0.1, -0.05) is 35.0 Å². The second-order valence-electron chi connectivity index (χ2n) is 7.25. The number of aryl methyl sites for hydroxylation is 1. The maximum atomic E-state index is 4.79. The number of fused-ring (bicyclic) bond motifs is 5. The molecule has 0 amide bonds. The summed E-state index contributed by atoms with van der Waals surface area (Å²) in [5, 5.41) is 5.31. The number of rotatable bonds is 0. The van der Waals surface area contributed by atoms with Crippen LogP contribution in [0, 0.1) is 19.8 Å². The summed E-state index contributed by atoms with van der Waals surface area (Å²) in [7, 11) is 2.14. The first kappa shape index (κ1) is 13.9. The maximum absolute atomic E-state index is 4.79. The van der Waals surface area contributed by atoms with Crippen molar-refractivity contribution in [3.8, 4) is 0 Å². The molecule has 4 heteroatoms. The second kappa shape index (κ2) is 4.44. The SMILES string of the molecule is Cc1cc2c3ccccc3n3c2c(c1C)C1=[N+](C)C=NC2SC=C3C12. The first-order chi connectivity index (χ1) is 12.2. The molecule has 0 fully saturated rings. The maximum Gasteiger partial charge on any atom is 0.281 e. The van der Waals surface area contributed by atoms with Crippen LogP contribution in [0.5, 0.6) is 0 Å². The highest BCUT2D eigenvalue weighted by Gasteiger charge is 2.48. The van der Waals surface area contributed by atoms with Gasteiger partial charge in [0.1, 0.15) is 11.6 Å². The first-order valence-electron chi connectivity index (χ1n) is 8.69. The molecule has 0 radical (unpaired) electrons. The summed E-state index contributed by atoms with van der Waals surface area (Å²) in [6, 6.07) is 11.2. The number of benzene rings is 2. The lowest BCUT2D eigenvalue weighted by Crippen LogP contribution is -2.39. The standard InChI is InChI=1S/C21H18N3S/c1-11-8-14-13-6-4-5-7-15(13)24-16-9-25-21-18(16)20(23(3)10-22-21)17(12(11)2)19(14)24/h4-10,18,21H,1-3H3/q+1. The van der Waals surface area contributed by atoms with Crippen LogP contribution in [-0.4, -0.2) is 33.6 Å². The molecule has 0 bridgehead atoms. The van der Waals surface area contributed by atoms with Crippen molar-refractivity contribution in [2.45, 2.75) is 19.2 Å². The predicted octanol–water partition coefficient (Wildman–Crippen LogP) is 4.39. The van der Waals surface area contributed by atoms with Crippen molar-refractivity contribution in [2.24, 2.45) is 10.9 Å². The van der Waals surface area contributed by atoms with E-state index in [0.29, 0.717) is 5.92 Å². The highest BCUT2D eigenvalue weighted by Crippen LogP contribution is 2.50. The minimum absolute atomic E-state index is 0.269. The van der Waals surface area contributed by atoms with Crippen LogP contribution >= 0.6 is 11.8 Å². The Bertz CT molecular complexity index is 1210. The minimum atomic E-state index is 0.269. The molecule has 2 unspecified atom stereocenters. The molecular weight excluding hydrogens is 326 g/mol. The average Bonchev–Trinajstić information content (AvgIpc) is 3.18. The zero-order chi connectivity index (χ0) is 16.9. The van der Waals surface area contributed by atoms with E-state index in [-0.39, 0.29) is 5.37 Å². The van der Waals surface area contributed by atoms with Gasteiger partial charge in [-0.25, -0.2) is 4.58 Å². The van der Waals surface area contributed by atoms with Crippen molar-refractivity contribution in [3.63, 3.8) is 0 Å². The number of para-hydroxylation sites is 1. The van der Waals surface area contributed by atoms with Gasteiger partial charge in [-0.2, -0.15) is 0 Å². The molecule has 6 rings (SSSR count). The van der Waals surface area contributed by atoms with Crippen LogP contribution in [-0.2, 0) is 0 Å². The highest BCUT2D eigenvalue weighted by atomic mass is 32.2. The Morgan fingerprint density at radius 1 is 1.16 bits per heavy atom. The van der Waals surface area contributed by atoms with Crippen molar-refractivity contribution in [2.75, 3.05) is 7.05 Å².